The largest absolute Gasteiger partial charge is 0.484 e. The van der Waals surface area contributed by atoms with E-state index < -0.39 is 6.10 Å². The van der Waals surface area contributed by atoms with Gasteiger partial charge in [0.05, 0.1) is 12.6 Å². The summed E-state index contributed by atoms with van der Waals surface area (Å²) in [5.41, 5.74) is 2.23. The van der Waals surface area contributed by atoms with Crippen LogP contribution in [0.25, 0.3) is 0 Å². The van der Waals surface area contributed by atoms with Crippen molar-refractivity contribution in [2.75, 3.05) is 26.2 Å². The van der Waals surface area contributed by atoms with Gasteiger partial charge in [0.15, 0.2) is 0 Å². The Hall–Kier alpha value is -2.67. The van der Waals surface area contributed by atoms with Crippen LogP contribution in [0.2, 0.25) is 0 Å². The predicted octanol–water partition coefficient (Wildman–Crippen LogP) is 4.66. The van der Waals surface area contributed by atoms with E-state index in [2.05, 4.69) is 23.1 Å². The van der Waals surface area contributed by atoms with Gasteiger partial charge in [-0.2, -0.15) is 0 Å². The lowest BCUT2D eigenvalue weighted by Gasteiger charge is -2.35. The summed E-state index contributed by atoms with van der Waals surface area (Å²) in [6.45, 7) is 3.14. The number of carbonyl (C=O) groups is 1. The van der Waals surface area contributed by atoms with Gasteiger partial charge in [0, 0.05) is 36.6 Å². The summed E-state index contributed by atoms with van der Waals surface area (Å²) in [5.74, 6) is 1.27. The molecule has 0 spiro atoms. The highest BCUT2D eigenvalue weighted by molar-refractivity contribution is 7.10. The molecule has 1 N–H and O–H groups in total. The maximum Gasteiger partial charge on any atom is 0.236 e. The highest BCUT2D eigenvalue weighted by Crippen LogP contribution is 2.34. The van der Waals surface area contributed by atoms with Gasteiger partial charge in [-0.15, -0.1) is 11.3 Å². The average Bonchev–Trinajstić information content (AvgIpc) is 3.33. The van der Waals surface area contributed by atoms with Gasteiger partial charge in [0.2, 0.25) is 5.91 Å². The van der Waals surface area contributed by atoms with Crippen LogP contribution in [0.4, 0.5) is 0 Å². The highest BCUT2D eigenvalue weighted by Gasteiger charge is 2.31. The van der Waals surface area contributed by atoms with Crippen LogP contribution in [0.3, 0.4) is 0 Å². The van der Waals surface area contributed by atoms with Crippen molar-refractivity contribution in [2.24, 2.45) is 5.92 Å². The number of rotatable bonds is 5. The Morgan fingerprint density at radius 3 is 2.55 bits per heavy atom. The Morgan fingerprint density at radius 2 is 1.79 bits per heavy atom. The number of thiophene rings is 1. The predicted molar refractivity (Wildman–Crippen MR) is 130 cm³/mol. The number of para-hydroxylation sites is 1. The van der Waals surface area contributed by atoms with Gasteiger partial charge in [-0.05, 0) is 41.8 Å². The van der Waals surface area contributed by atoms with Crippen molar-refractivity contribution in [3.05, 3.63) is 88.1 Å². The molecular formula is C27H30N2O3S. The van der Waals surface area contributed by atoms with Crippen molar-refractivity contribution in [1.82, 2.24) is 9.80 Å². The molecule has 3 aromatic rings. The monoisotopic (exact) mass is 462 g/mol. The smallest absolute Gasteiger partial charge is 0.236 e. The Morgan fingerprint density at radius 1 is 1.03 bits per heavy atom. The number of amides is 1. The van der Waals surface area contributed by atoms with Gasteiger partial charge in [0.1, 0.15) is 11.9 Å². The van der Waals surface area contributed by atoms with Crippen molar-refractivity contribution in [3.8, 4) is 5.75 Å². The minimum Gasteiger partial charge on any atom is -0.484 e. The Kier molecular flexibility index (Phi) is 6.76. The summed E-state index contributed by atoms with van der Waals surface area (Å²) >= 11 is 1.60. The van der Waals surface area contributed by atoms with Crippen LogP contribution in [0.1, 0.15) is 41.1 Å². The zero-order valence-corrected chi connectivity index (χ0v) is 19.5. The van der Waals surface area contributed by atoms with E-state index in [1.54, 1.807) is 11.3 Å². The number of benzene rings is 2. The second kappa shape index (κ2) is 10.1. The number of fused-ring (bicyclic) bond motifs is 1. The topological polar surface area (TPSA) is 53.0 Å². The SMILES string of the molecule is O=C(CN1Cc2ccccc2OC(c2ccccc2)C1)N1CCC(C(O)c2cccs2)CC1. The summed E-state index contributed by atoms with van der Waals surface area (Å²) in [4.78, 5) is 18.4. The molecule has 0 radical (unpaired) electrons. The van der Waals surface area contributed by atoms with Gasteiger partial charge < -0.3 is 14.7 Å². The fourth-order valence-corrected chi connectivity index (χ4v) is 5.69. The molecule has 0 saturated carbocycles. The maximum atomic E-state index is 13.2. The zero-order valence-electron chi connectivity index (χ0n) is 18.7. The van der Waals surface area contributed by atoms with Gasteiger partial charge in [0.25, 0.3) is 0 Å². The third-order valence-electron chi connectivity index (χ3n) is 6.76. The van der Waals surface area contributed by atoms with E-state index in [9.17, 15) is 9.90 Å². The van der Waals surface area contributed by atoms with Crippen LogP contribution < -0.4 is 4.74 Å². The fraction of sp³-hybridized carbons (Fsp3) is 0.370. The lowest BCUT2D eigenvalue weighted by molar-refractivity contribution is -0.134. The van der Waals surface area contributed by atoms with E-state index in [1.807, 2.05) is 58.8 Å². The standard InChI is InChI=1S/C27H30N2O3S/c30-26(29-14-12-21(13-15-29)27(31)25-11-6-16-33-25)19-28-17-22-9-4-5-10-23(22)32-24(18-28)20-7-2-1-3-8-20/h1-11,16,21,24,27,31H,12-15,17-19H2. The zero-order chi connectivity index (χ0) is 22.6. The number of likely N-dealkylation sites (tertiary alicyclic amines) is 1. The quantitative estimate of drug-likeness (QED) is 0.599. The average molecular weight is 463 g/mol. The maximum absolute atomic E-state index is 13.2. The molecule has 0 aliphatic carbocycles. The van der Waals surface area contributed by atoms with E-state index in [0.717, 1.165) is 34.6 Å². The molecule has 0 bridgehead atoms. The number of aliphatic hydroxyl groups is 1. The summed E-state index contributed by atoms with van der Waals surface area (Å²) in [5, 5.41) is 12.7. The first-order valence-electron chi connectivity index (χ1n) is 11.7. The Labute approximate surface area is 199 Å². The van der Waals surface area contributed by atoms with Crippen LogP contribution in [0.15, 0.2) is 72.1 Å². The number of hydrogen-bond donors (Lipinski definition) is 1. The summed E-state index contributed by atoms with van der Waals surface area (Å²) < 4.78 is 6.38. The Balaban J connectivity index is 1.24. The van der Waals surface area contributed by atoms with E-state index in [-0.39, 0.29) is 17.9 Å². The molecule has 1 saturated heterocycles. The molecule has 172 valence electrons. The van der Waals surface area contributed by atoms with Crippen molar-refractivity contribution in [2.45, 2.75) is 31.6 Å². The molecule has 2 unspecified atom stereocenters. The molecular weight excluding hydrogens is 432 g/mol. The summed E-state index contributed by atoms with van der Waals surface area (Å²) in [6, 6.07) is 22.3. The molecule has 33 heavy (non-hydrogen) atoms. The number of ether oxygens (including phenoxy) is 1. The number of hydrogen-bond acceptors (Lipinski definition) is 5. The number of carbonyl (C=O) groups excluding carboxylic acids is 1. The van der Waals surface area contributed by atoms with Crippen LogP contribution in [0, 0.1) is 5.92 Å². The Bertz CT molecular complexity index is 1050. The van der Waals surface area contributed by atoms with E-state index in [1.165, 1.54) is 0 Å². The van der Waals surface area contributed by atoms with Crippen molar-refractivity contribution < 1.29 is 14.6 Å². The first kappa shape index (κ1) is 22.1. The normalized spacial score (nSPS) is 20.5. The number of nitrogens with zero attached hydrogens (tertiary/aromatic N) is 2. The third-order valence-corrected chi connectivity index (χ3v) is 7.71. The molecule has 5 nitrogen and oxygen atoms in total. The molecule has 2 aliphatic rings. The van der Waals surface area contributed by atoms with Gasteiger partial charge in [-0.1, -0.05) is 54.6 Å². The first-order valence-corrected chi connectivity index (χ1v) is 12.6. The van der Waals surface area contributed by atoms with Gasteiger partial charge >= 0.3 is 0 Å². The molecule has 1 aromatic heterocycles. The second-order valence-electron chi connectivity index (χ2n) is 8.97. The van der Waals surface area contributed by atoms with E-state index in [0.29, 0.717) is 32.7 Å². The molecule has 2 aromatic carbocycles. The van der Waals surface area contributed by atoms with E-state index in [4.69, 9.17) is 4.74 Å². The highest BCUT2D eigenvalue weighted by atomic mass is 32.1. The van der Waals surface area contributed by atoms with Gasteiger partial charge in [-0.25, -0.2) is 0 Å². The first-order chi connectivity index (χ1) is 16.2. The molecule has 2 atom stereocenters. The van der Waals surface area contributed by atoms with Gasteiger partial charge in [-0.3, -0.25) is 9.69 Å². The third kappa shape index (κ3) is 5.13. The molecule has 1 fully saturated rings. The minimum absolute atomic E-state index is 0.116. The molecule has 2 aliphatic heterocycles. The number of aliphatic hydroxyl groups excluding tert-OH is 1. The van der Waals surface area contributed by atoms with Crippen LogP contribution in [0.5, 0.6) is 5.75 Å². The lowest BCUT2D eigenvalue weighted by Crippen LogP contribution is -2.45. The summed E-state index contributed by atoms with van der Waals surface area (Å²) in [7, 11) is 0. The minimum atomic E-state index is -0.423. The lowest BCUT2D eigenvalue weighted by atomic mass is 9.90. The van der Waals surface area contributed by atoms with Crippen LogP contribution >= 0.6 is 11.3 Å². The molecule has 6 heteroatoms. The fourth-order valence-electron chi connectivity index (χ4n) is 4.89. The summed E-state index contributed by atoms with van der Waals surface area (Å²) in [6.07, 6.45) is 1.13. The van der Waals surface area contributed by atoms with E-state index >= 15 is 0 Å². The van der Waals surface area contributed by atoms with Crippen LogP contribution in [-0.4, -0.2) is 47.0 Å². The van der Waals surface area contributed by atoms with Crippen molar-refractivity contribution in [1.29, 1.82) is 0 Å². The number of piperidine rings is 1. The molecule has 3 heterocycles. The second-order valence-corrected chi connectivity index (χ2v) is 9.95. The van der Waals surface area contributed by atoms with Crippen molar-refractivity contribution >= 4 is 17.2 Å². The molecule has 5 rings (SSSR count). The van der Waals surface area contributed by atoms with Crippen molar-refractivity contribution in [3.63, 3.8) is 0 Å². The van der Waals surface area contributed by atoms with Crippen LogP contribution in [-0.2, 0) is 11.3 Å². The molecule has 1 amide bonds.